The molecule has 1 aromatic heterocycles. The van der Waals surface area contributed by atoms with Crippen molar-refractivity contribution in [1.29, 1.82) is 0 Å². The Morgan fingerprint density at radius 1 is 0.944 bits per heavy atom. The molecule has 18 heavy (non-hydrogen) atoms. The second-order valence-electron chi connectivity index (χ2n) is 5.12. The third-order valence-corrected chi connectivity index (χ3v) is 3.58. The molecule has 0 unspecified atom stereocenters. The van der Waals surface area contributed by atoms with Crippen molar-refractivity contribution < 1.29 is 0 Å². The summed E-state index contributed by atoms with van der Waals surface area (Å²) in [5.41, 5.74) is 4.03. The van der Waals surface area contributed by atoms with E-state index in [4.69, 9.17) is 0 Å². The molecule has 0 saturated carbocycles. The minimum atomic E-state index is 0.413. The van der Waals surface area contributed by atoms with E-state index in [1.807, 2.05) is 0 Å². The van der Waals surface area contributed by atoms with E-state index in [-0.39, 0.29) is 0 Å². The van der Waals surface area contributed by atoms with Gasteiger partial charge in [0.25, 0.3) is 0 Å². The Morgan fingerprint density at radius 3 is 2.00 bits per heavy atom. The van der Waals surface area contributed by atoms with Gasteiger partial charge in [-0.05, 0) is 45.6 Å². The van der Waals surface area contributed by atoms with Crippen LogP contribution in [-0.4, -0.2) is 23.6 Å². The predicted octanol–water partition coefficient (Wildman–Crippen LogP) is 3.41. The molecule has 0 fully saturated rings. The van der Waals surface area contributed by atoms with E-state index in [9.17, 15) is 0 Å². The molecule has 96 valence electrons. The average molecular weight is 242 g/mol. The molecule has 0 radical (unpaired) electrons. The van der Waals surface area contributed by atoms with E-state index < -0.39 is 0 Å². The van der Waals surface area contributed by atoms with Crippen LogP contribution in [0.5, 0.6) is 0 Å². The average Bonchev–Trinajstić information content (AvgIpc) is 2.67. The summed E-state index contributed by atoms with van der Waals surface area (Å²) in [6.07, 6.45) is 0. The van der Waals surface area contributed by atoms with Crippen molar-refractivity contribution in [2.45, 2.75) is 26.4 Å². The Bertz CT molecular complexity index is 478. The molecule has 2 aromatic rings. The normalized spacial score (nSPS) is 12.9. The molecular formula is C16H22N2. The minimum absolute atomic E-state index is 0.413. The molecule has 2 nitrogen and oxygen atoms in total. The first kappa shape index (κ1) is 12.9. The van der Waals surface area contributed by atoms with Gasteiger partial charge in [0, 0.05) is 17.9 Å². The number of nitrogens with zero attached hydrogens (tertiary/aromatic N) is 2. The fraction of sp³-hybridized carbons (Fsp3) is 0.375. The number of hydrogen-bond acceptors (Lipinski definition) is 1. The van der Waals surface area contributed by atoms with Crippen LogP contribution in [0.3, 0.4) is 0 Å². The maximum atomic E-state index is 2.39. The first-order valence-corrected chi connectivity index (χ1v) is 6.43. The summed E-state index contributed by atoms with van der Waals surface area (Å²) in [6.45, 7) is 5.34. The zero-order valence-corrected chi connectivity index (χ0v) is 11.7. The van der Waals surface area contributed by atoms with E-state index in [0.717, 1.165) is 6.54 Å². The van der Waals surface area contributed by atoms with Crippen molar-refractivity contribution in [2.24, 2.45) is 0 Å². The summed E-state index contributed by atoms with van der Waals surface area (Å²) >= 11 is 0. The summed E-state index contributed by atoms with van der Waals surface area (Å²) in [6, 6.07) is 15.5. The largest absolute Gasteiger partial charge is 0.347 e. The zero-order chi connectivity index (χ0) is 13.1. The maximum Gasteiger partial charge on any atom is 0.0522 e. The van der Waals surface area contributed by atoms with E-state index in [1.54, 1.807) is 0 Å². The highest BCUT2D eigenvalue weighted by molar-refractivity contribution is 5.20. The van der Waals surface area contributed by atoms with Gasteiger partial charge in [-0.15, -0.1) is 0 Å². The van der Waals surface area contributed by atoms with Crippen LogP contribution in [0.25, 0.3) is 0 Å². The molecule has 2 heteroatoms. The summed E-state index contributed by atoms with van der Waals surface area (Å²) in [7, 11) is 4.29. The van der Waals surface area contributed by atoms with Gasteiger partial charge in [-0.25, -0.2) is 0 Å². The van der Waals surface area contributed by atoms with Crippen molar-refractivity contribution in [1.82, 2.24) is 9.47 Å². The number of benzene rings is 1. The van der Waals surface area contributed by atoms with Crippen LogP contribution in [-0.2, 0) is 6.54 Å². The molecule has 1 heterocycles. The smallest absolute Gasteiger partial charge is 0.0522 e. The molecular weight excluding hydrogens is 220 g/mol. The Morgan fingerprint density at radius 2 is 1.50 bits per heavy atom. The van der Waals surface area contributed by atoms with E-state index in [1.165, 1.54) is 17.0 Å². The number of aromatic nitrogens is 1. The second kappa shape index (κ2) is 5.40. The molecule has 0 amide bonds. The first-order valence-electron chi connectivity index (χ1n) is 6.43. The lowest BCUT2D eigenvalue weighted by Gasteiger charge is -2.26. The Labute approximate surface area is 110 Å². The minimum Gasteiger partial charge on any atom is -0.347 e. The summed E-state index contributed by atoms with van der Waals surface area (Å²) in [4.78, 5) is 2.29. The topological polar surface area (TPSA) is 8.17 Å². The summed E-state index contributed by atoms with van der Waals surface area (Å²) < 4.78 is 2.39. The monoisotopic (exact) mass is 242 g/mol. The molecule has 0 aliphatic heterocycles. The Kier molecular flexibility index (Phi) is 3.87. The number of aryl methyl sites for hydroxylation is 2. The fourth-order valence-electron chi connectivity index (χ4n) is 2.40. The van der Waals surface area contributed by atoms with Crippen LogP contribution in [0.15, 0.2) is 42.5 Å². The third kappa shape index (κ3) is 2.65. The van der Waals surface area contributed by atoms with E-state index in [0.29, 0.717) is 6.04 Å². The molecule has 0 aliphatic carbocycles. The lowest BCUT2D eigenvalue weighted by Crippen LogP contribution is -2.25. The molecule has 0 saturated heterocycles. The highest BCUT2D eigenvalue weighted by atomic mass is 15.1. The van der Waals surface area contributed by atoms with Gasteiger partial charge >= 0.3 is 0 Å². The van der Waals surface area contributed by atoms with Gasteiger partial charge in [-0.3, -0.25) is 0 Å². The molecule has 1 atom stereocenters. The standard InChI is InChI=1S/C16H22N2/c1-13-10-11-14(2)18(13)12-16(17(3)4)15-8-6-5-7-9-15/h5-11,16H,12H2,1-4H3/t16-/m1/s1. The molecule has 2 rings (SSSR count). The van der Waals surface area contributed by atoms with Gasteiger partial charge < -0.3 is 9.47 Å². The van der Waals surface area contributed by atoms with Crippen molar-refractivity contribution in [3.8, 4) is 0 Å². The first-order chi connectivity index (χ1) is 8.59. The Balaban J connectivity index is 2.28. The van der Waals surface area contributed by atoms with Gasteiger partial charge in [0.2, 0.25) is 0 Å². The van der Waals surface area contributed by atoms with Crippen molar-refractivity contribution in [3.05, 3.63) is 59.4 Å². The fourth-order valence-corrected chi connectivity index (χ4v) is 2.40. The maximum absolute atomic E-state index is 2.39. The lowest BCUT2D eigenvalue weighted by atomic mass is 10.1. The summed E-state index contributed by atoms with van der Waals surface area (Å²) in [5.74, 6) is 0. The third-order valence-electron chi connectivity index (χ3n) is 3.58. The van der Waals surface area contributed by atoms with Gasteiger partial charge in [0.15, 0.2) is 0 Å². The van der Waals surface area contributed by atoms with Crippen molar-refractivity contribution in [2.75, 3.05) is 14.1 Å². The Hall–Kier alpha value is -1.54. The van der Waals surface area contributed by atoms with Crippen LogP contribution >= 0.6 is 0 Å². The van der Waals surface area contributed by atoms with Crippen molar-refractivity contribution in [3.63, 3.8) is 0 Å². The quantitative estimate of drug-likeness (QED) is 0.797. The highest BCUT2D eigenvalue weighted by Crippen LogP contribution is 2.22. The van der Waals surface area contributed by atoms with E-state index in [2.05, 4.69) is 79.9 Å². The van der Waals surface area contributed by atoms with Gasteiger partial charge in [0.1, 0.15) is 0 Å². The lowest BCUT2D eigenvalue weighted by molar-refractivity contribution is 0.266. The molecule has 0 N–H and O–H groups in total. The van der Waals surface area contributed by atoms with Gasteiger partial charge in [0.05, 0.1) is 6.04 Å². The van der Waals surface area contributed by atoms with Crippen LogP contribution < -0.4 is 0 Å². The number of likely N-dealkylation sites (N-methyl/N-ethyl adjacent to an activating group) is 1. The van der Waals surface area contributed by atoms with E-state index >= 15 is 0 Å². The number of hydrogen-bond donors (Lipinski definition) is 0. The van der Waals surface area contributed by atoms with Gasteiger partial charge in [-0.1, -0.05) is 30.3 Å². The van der Waals surface area contributed by atoms with Gasteiger partial charge in [-0.2, -0.15) is 0 Å². The van der Waals surface area contributed by atoms with Crippen LogP contribution in [0.2, 0.25) is 0 Å². The molecule has 0 bridgehead atoms. The molecule has 0 spiro atoms. The van der Waals surface area contributed by atoms with Crippen molar-refractivity contribution >= 4 is 0 Å². The number of rotatable bonds is 4. The highest BCUT2D eigenvalue weighted by Gasteiger charge is 2.15. The van der Waals surface area contributed by atoms with Crippen LogP contribution in [0.4, 0.5) is 0 Å². The molecule has 0 aliphatic rings. The van der Waals surface area contributed by atoms with Crippen LogP contribution in [0, 0.1) is 13.8 Å². The van der Waals surface area contributed by atoms with Crippen LogP contribution in [0.1, 0.15) is 23.0 Å². The SMILES string of the molecule is Cc1ccc(C)n1C[C@H](c1ccccc1)N(C)C. The summed E-state index contributed by atoms with van der Waals surface area (Å²) in [5, 5.41) is 0. The zero-order valence-electron chi connectivity index (χ0n) is 11.7. The second-order valence-corrected chi connectivity index (χ2v) is 5.12. The molecule has 1 aromatic carbocycles. The predicted molar refractivity (Wildman–Crippen MR) is 76.8 cm³/mol.